The van der Waals surface area contributed by atoms with Gasteiger partial charge in [0.2, 0.25) is 0 Å². The van der Waals surface area contributed by atoms with Crippen molar-refractivity contribution >= 4 is 5.97 Å². The van der Waals surface area contributed by atoms with E-state index in [4.69, 9.17) is 5.11 Å². The number of pyridine rings is 1. The van der Waals surface area contributed by atoms with Gasteiger partial charge >= 0.3 is 5.97 Å². The third kappa shape index (κ3) is 2.85. The number of carboxylic acid groups (broad SMARTS) is 1. The summed E-state index contributed by atoms with van der Waals surface area (Å²) in [5.74, 6) is -2.46. The summed E-state index contributed by atoms with van der Waals surface area (Å²) in [7, 11) is 0. The molecule has 0 spiro atoms. The molecule has 1 aromatic heterocycles. The summed E-state index contributed by atoms with van der Waals surface area (Å²) in [5.41, 5.74) is -0.727. The Labute approximate surface area is 106 Å². The van der Waals surface area contributed by atoms with E-state index in [-0.39, 0.29) is 17.7 Å². The molecule has 0 unspecified atom stereocenters. The van der Waals surface area contributed by atoms with Gasteiger partial charge in [0, 0.05) is 17.8 Å². The summed E-state index contributed by atoms with van der Waals surface area (Å²) >= 11 is 0. The molecular weight excluding hydrogens is 256 g/mol. The molecule has 6 heteroatoms. The SMILES string of the molecule is O=C(O)c1ccn(Cc2cc(F)ccc2F)c(=O)c1. The van der Waals surface area contributed by atoms with E-state index in [1.54, 1.807) is 0 Å². The fourth-order valence-corrected chi connectivity index (χ4v) is 1.62. The van der Waals surface area contributed by atoms with Crippen LogP contribution >= 0.6 is 0 Å². The van der Waals surface area contributed by atoms with Crippen molar-refractivity contribution in [3.05, 3.63) is 69.6 Å². The summed E-state index contributed by atoms with van der Waals surface area (Å²) < 4.78 is 27.5. The summed E-state index contributed by atoms with van der Waals surface area (Å²) in [6, 6.07) is 5.10. The van der Waals surface area contributed by atoms with Crippen molar-refractivity contribution in [2.75, 3.05) is 0 Å². The Morgan fingerprint density at radius 3 is 2.58 bits per heavy atom. The van der Waals surface area contributed by atoms with Gasteiger partial charge in [-0.15, -0.1) is 0 Å². The van der Waals surface area contributed by atoms with Gasteiger partial charge in [0.1, 0.15) is 11.6 Å². The molecule has 2 aromatic rings. The number of nitrogens with zero attached hydrogens (tertiary/aromatic N) is 1. The molecule has 0 fully saturated rings. The van der Waals surface area contributed by atoms with Crippen LogP contribution in [0.25, 0.3) is 0 Å². The van der Waals surface area contributed by atoms with E-state index in [9.17, 15) is 18.4 Å². The second-order valence-electron chi connectivity index (χ2n) is 3.92. The fraction of sp³-hybridized carbons (Fsp3) is 0.0769. The molecular formula is C13H9F2NO3. The summed E-state index contributed by atoms with van der Waals surface area (Å²) in [6.45, 7) is -0.164. The fourth-order valence-electron chi connectivity index (χ4n) is 1.62. The molecule has 1 aromatic carbocycles. The monoisotopic (exact) mass is 265 g/mol. The van der Waals surface area contributed by atoms with Crippen molar-refractivity contribution in [3.8, 4) is 0 Å². The summed E-state index contributed by atoms with van der Waals surface area (Å²) in [5, 5.41) is 8.71. The minimum atomic E-state index is -1.22. The highest BCUT2D eigenvalue weighted by molar-refractivity contribution is 5.87. The standard InChI is InChI=1S/C13H9F2NO3/c14-10-1-2-11(15)9(5-10)7-16-4-3-8(13(18)19)6-12(16)17/h1-6H,7H2,(H,18,19). The van der Waals surface area contributed by atoms with Crippen molar-refractivity contribution in [2.24, 2.45) is 0 Å². The predicted molar refractivity (Wildman–Crippen MR) is 63.1 cm³/mol. The predicted octanol–water partition coefficient (Wildman–Crippen LogP) is 1.87. The zero-order valence-corrected chi connectivity index (χ0v) is 9.64. The molecule has 0 amide bonds. The first-order valence-corrected chi connectivity index (χ1v) is 5.35. The molecule has 2 rings (SSSR count). The molecule has 1 heterocycles. The quantitative estimate of drug-likeness (QED) is 0.921. The van der Waals surface area contributed by atoms with E-state index in [1.165, 1.54) is 12.3 Å². The smallest absolute Gasteiger partial charge is 0.335 e. The maximum absolute atomic E-state index is 13.4. The van der Waals surface area contributed by atoms with Crippen LogP contribution in [0.2, 0.25) is 0 Å². The third-order valence-electron chi connectivity index (χ3n) is 2.59. The Morgan fingerprint density at radius 2 is 1.95 bits per heavy atom. The number of rotatable bonds is 3. The first-order chi connectivity index (χ1) is 8.97. The van der Waals surface area contributed by atoms with Crippen molar-refractivity contribution in [2.45, 2.75) is 6.54 Å². The Hall–Kier alpha value is -2.50. The Kier molecular flexibility index (Phi) is 3.41. The molecule has 0 atom stereocenters. The highest BCUT2D eigenvalue weighted by Gasteiger charge is 2.08. The molecule has 19 heavy (non-hydrogen) atoms. The van der Waals surface area contributed by atoms with Crippen LogP contribution in [0.4, 0.5) is 8.78 Å². The third-order valence-corrected chi connectivity index (χ3v) is 2.59. The number of aromatic carboxylic acids is 1. The number of hydrogen-bond acceptors (Lipinski definition) is 2. The average Bonchev–Trinajstić information content (AvgIpc) is 2.36. The van der Waals surface area contributed by atoms with Crippen LogP contribution in [-0.2, 0) is 6.54 Å². The van der Waals surface area contributed by atoms with Crippen LogP contribution in [-0.4, -0.2) is 15.6 Å². The normalized spacial score (nSPS) is 10.4. The lowest BCUT2D eigenvalue weighted by Crippen LogP contribution is -2.21. The van der Waals surface area contributed by atoms with Crippen LogP contribution < -0.4 is 5.56 Å². The van der Waals surface area contributed by atoms with Gasteiger partial charge in [-0.3, -0.25) is 4.79 Å². The topological polar surface area (TPSA) is 59.3 Å². The van der Waals surface area contributed by atoms with E-state index in [2.05, 4.69) is 0 Å². The summed E-state index contributed by atoms with van der Waals surface area (Å²) in [6.07, 6.45) is 1.23. The van der Waals surface area contributed by atoms with E-state index >= 15 is 0 Å². The first-order valence-electron chi connectivity index (χ1n) is 5.35. The minimum Gasteiger partial charge on any atom is -0.478 e. The second-order valence-corrected chi connectivity index (χ2v) is 3.92. The Morgan fingerprint density at radius 1 is 1.21 bits per heavy atom. The van der Waals surface area contributed by atoms with E-state index in [1.807, 2.05) is 0 Å². The molecule has 0 saturated carbocycles. The molecule has 1 N–H and O–H groups in total. The van der Waals surface area contributed by atoms with Crippen molar-refractivity contribution in [1.29, 1.82) is 0 Å². The molecule has 0 radical (unpaired) electrons. The molecule has 0 aliphatic carbocycles. The maximum atomic E-state index is 13.4. The van der Waals surface area contributed by atoms with Crippen LogP contribution in [0.15, 0.2) is 41.3 Å². The van der Waals surface area contributed by atoms with E-state index < -0.39 is 23.2 Å². The van der Waals surface area contributed by atoms with Crippen LogP contribution in [0, 0.1) is 11.6 Å². The molecule has 0 aliphatic heterocycles. The number of carboxylic acids is 1. The van der Waals surface area contributed by atoms with Gasteiger partial charge in [0.15, 0.2) is 0 Å². The highest BCUT2D eigenvalue weighted by atomic mass is 19.1. The van der Waals surface area contributed by atoms with E-state index in [0.717, 1.165) is 28.8 Å². The molecule has 0 bridgehead atoms. The van der Waals surface area contributed by atoms with Gasteiger partial charge in [-0.2, -0.15) is 0 Å². The molecule has 0 aliphatic rings. The van der Waals surface area contributed by atoms with Crippen molar-refractivity contribution in [3.63, 3.8) is 0 Å². The van der Waals surface area contributed by atoms with Crippen molar-refractivity contribution < 1.29 is 18.7 Å². The number of halogens is 2. The summed E-state index contributed by atoms with van der Waals surface area (Å²) in [4.78, 5) is 22.3. The zero-order chi connectivity index (χ0) is 14.0. The van der Waals surface area contributed by atoms with Crippen LogP contribution in [0.1, 0.15) is 15.9 Å². The van der Waals surface area contributed by atoms with Gasteiger partial charge in [-0.1, -0.05) is 0 Å². The lowest BCUT2D eigenvalue weighted by Gasteiger charge is -2.07. The number of aromatic nitrogens is 1. The lowest BCUT2D eigenvalue weighted by atomic mass is 10.2. The van der Waals surface area contributed by atoms with Gasteiger partial charge in [0.05, 0.1) is 12.1 Å². The average molecular weight is 265 g/mol. The van der Waals surface area contributed by atoms with Gasteiger partial charge in [-0.25, -0.2) is 13.6 Å². The number of carbonyl (C=O) groups is 1. The molecule has 0 saturated heterocycles. The van der Waals surface area contributed by atoms with Gasteiger partial charge < -0.3 is 9.67 Å². The number of hydrogen-bond donors (Lipinski definition) is 1. The first kappa shape index (κ1) is 12.9. The molecule has 4 nitrogen and oxygen atoms in total. The van der Waals surface area contributed by atoms with Gasteiger partial charge in [0.25, 0.3) is 5.56 Å². The van der Waals surface area contributed by atoms with Crippen LogP contribution in [0.3, 0.4) is 0 Å². The Bertz CT molecular complexity index is 695. The largest absolute Gasteiger partial charge is 0.478 e. The second kappa shape index (κ2) is 5.01. The van der Waals surface area contributed by atoms with Crippen molar-refractivity contribution in [1.82, 2.24) is 4.57 Å². The minimum absolute atomic E-state index is 0.0187. The Balaban J connectivity index is 2.36. The van der Waals surface area contributed by atoms with Gasteiger partial charge in [-0.05, 0) is 24.3 Å². The van der Waals surface area contributed by atoms with E-state index in [0.29, 0.717) is 0 Å². The van der Waals surface area contributed by atoms with Crippen LogP contribution in [0.5, 0.6) is 0 Å². The number of benzene rings is 1. The zero-order valence-electron chi connectivity index (χ0n) is 9.64. The lowest BCUT2D eigenvalue weighted by molar-refractivity contribution is 0.0696. The molecule has 98 valence electrons. The highest BCUT2D eigenvalue weighted by Crippen LogP contribution is 2.10. The maximum Gasteiger partial charge on any atom is 0.335 e.